The van der Waals surface area contributed by atoms with Crippen molar-refractivity contribution in [2.75, 3.05) is 31.7 Å². The molecule has 1 rings (SSSR count). The maximum atomic E-state index is 11.5. The maximum Gasteiger partial charge on any atom is 0.332 e. The molecule has 20 heavy (non-hydrogen) atoms. The summed E-state index contributed by atoms with van der Waals surface area (Å²) in [6, 6.07) is 6.93. The van der Waals surface area contributed by atoms with Gasteiger partial charge in [0.1, 0.15) is 12.4 Å². The highest BCUT2D eigenvalue weighted by atomic mass is 16.6. The van der Waals surface area contributed by atoms with Gasteiger partial charge in [0.2, 0.25) is 0 Å². The summed E-state index contributed by atoms with van der Waals surface area (Å²) in [5, 5.41) is 2.61. The van der Waals surface area contributed by atoms with Crippen molar-refractivity contribution in [2.45, 2.75) is 13.8 Å². The van der Waals surface area contributed by atoms with E-state index in [0.717, 1.165) is 5.75 Å². The molecule has 6 heteroatoms. The molecule has 0 aliphatic rings. The van der Waals surface area contributed by atoms with E-state index in [1.165, 1.54) is 0 Å². The molecule has 1 aromatic carbocycles. The number of rotatable bonds is 8. The predicted octanol–water partition coefficient (Wildman–Crippen LogP) is 1.60. The fourth-order valence-electron chi connectivity index (χ4n) is 1.37. The number of carbonyl (C=O) groups is 2. The average molecular weight is 281 g/mol. The number of anilines is 1. The van der Waals surface area contributed by atoms with Crippen molar-refractivity contribution in [1.82, 2.24) is 0 Å². The molecule has 0 aromatic heterocycles. The van der Waals surface area contributed by atoms with Crippen LogP contribution >= 0.6 is 0 Å². The summed E-state index contributed by atoms with van der Waals surface area (Å²) < 4.78 is 14.9. The van der Waals surface area contributed by atoms with Gasteiger partial charge >= 0.3 is 5.97 Å². The summed E-state index contributed by atoms with van der Waals surface area (Å²) >= 11 is 0. The molecule has 0 saturated heterocycles. The van der Waals surface area contributed by atoms with Crippen molar-refractivity contribution in [3.05, 3.63) is 24.3 Å². The molecule has 0 aliphatic carbocycles. The zero-order valence-corrected chi connectivity index (χ0v) is 11.7. The normalized spacial score (nSPS) is 9.90. The molecule has 6 nitrogen and oxygen atoms in total. The van der Waals surface area contributed by atoms with Crippen molar-refractivity contribution in [2.24, 2.45) is 0 Å². The molecule has 0 spiro atoms. The molecular weight excluding hydrogens is 262 g/mol. The third kappa shape index (κ3) is 6.19. The second-order valence-electron chi connectivity index (χ2n) is 3.80. The van der Waals surface area contributed by atoms with Crippen LogP contribution in [0.3, 0.4) is 0 Å². The summed E-state index contributed by atoms with van der Waals surface area (Å²) in [7, 11) is 0. The van der Waals surface area contributed by atoms with Crippen LogP contribution in [0, 0.1) is 0 Å². The van der Waals surface area contributed by atoms with E-state index in [9.17, 15) is 9.59 Å². The van der Waals surface area contributed by atoms with Crippen LogP contribution in [0.15, 0.2) is 24.3 Å². The molecule has 0 atom stereocenters. The highest BCUT2D eigenvalue weighted by molar-refractivity contribution is 5.92. The number of hydrogen-bond donors (Lipinski definition) is 1. The molecule has 110 valence electrons. The first-order valence-corrected chi connectivity index (χ1v) is 6.41. The van der Waals surface area contributed by atoms with Crippen LogP contribution in [0.25, 0.3) is 0 Å². The Morgan fingerprint density at radius 2 is 1.75 bits per heavy atom. The minimum Gasteiger partial charge on any atom is -0.494 e. The molecule has 0 bridgehead atoms. The Hall–Kier alpha value is -2.08. The van der Waals surface area contributed by atoms with Crippen LogP contribution in [0.5, 0.6) is 5.75 Å². The van der Waals surface area contributed by atoms with Crippen LogP contribution in [-0.4, -0.2) is 38.3 Å². The first-order valence-electron chi connectivity index (χ1n) is 6.41. The molecular formula is C14H19NO5. The number of benzene rings is 1. The summed E-state index contributed by atoms with van der Waals surface area (Å²) in [6.45, 7) is 4.19. The standard InChI is InChI=1S/C14H19NO5/c1-3-18-10-14(17)20-9-13(16)15-11-5-7-12(8-6-11)19-4-2/h5-8H,3-4,9-10H2,1-2H3,(H,15,16). The summed E-state index contributed by atoms with van der Waals surface area (Å²) in [6.07, 6.45) is 0. The van der Waals surface area contributed by atoms with Crippen molar-refractivity contribution >= 4 is 17.6 Å². The lowest BCUT2D eigenvalue weighted by Crippen LogP contribution is -2.22. The van der Waals surface area contributed by atoms with Crippen LogP contribution in [0.2, 0.25) is 0 Å². The molecule has 0 unspecified atom stereocenters. The van der Waals surface area contributed by atoms with Gasteiger partial charge in [-0.25, -0.2) is 4.79 Å². The molecule has 1 amide bonds. The second kappa shape index (κ2) is 8.92. The maximum absolute atomic E-state index is 11.5. The van der Waals surface area contributed by atoms with Crippen molar-refractivity contribution in [3.8, 4) is 5.75 Å². The van der Waals surface area contributed by atoms with Gasteiger partial charge in [-0.15, -0.1) is 0 Å². The lowest BCUT2D eigenvalue weighted by atomic mass is 10.3. The van der Waals surface area contributed by atoms with E-state index in [1.807, 2.05) is 6.92 Å². The largest absolute Gasteiger partial charge is 0.494 e. The van der Waals surface area contributed by atoms with E-state index in [1.54, 1.807) is 31.2 Å². The predicted molar refractivity (Wildman–Crippen MR) is 73.7 cm³/mol. The zero-order chi connectivity index (χ0) is 14.8. The zero-order valence-electron chi connectivity index (χ0n) is 11.7. The number of ether oxygens (including phenoxy) is 3. The number of carbonyl (C=O) groups excluding carboxylic acids is 2. The first-order chi connectivity index (χ1) is 9.65. The average Bonchev–Trinajstić information content (AvgIpc) is 2.45. The third-order valence-corrected chi connectivity index (χ3v) is 2.24. The quantitative estimate of drug-likeness (QED) is 0.733. The van der Waals surface area contributed by atoms with Gasteiger partial charge in [-0.1, -0.05) is 0 Å². The van der Waals surface area contributed by atoms with Gasteiger partial charge in [-0.3, -0.25) is 4.79 Å². The summed E-state index contributed by atoms with van der Waals surface area (Å²) in [5.74, 6) is -0.235. The minimum atomic E-state index is -0.561. The Labute approximate surface area is 118 Å². The minimum absolute atomic E-state index is 0.146. The van der Waals surface area contributed by atoms with Crippen molar-refractivity contribution < 1.29 is 23.8 Å². The van der Waals surface area contributed by atoms with Gasteiger partial charge in [0.05, 0.1) is 6.61 Å². The molecule has 0 fully saturated rings. The third-order valence-electron chi connectivity index (χ3n) is 2.24. The summed E-state index contributed by atoms with van der Waals surface area (Å²) in [4.78, 5) is 22.7. The van der Waals surface area contributed by atoms with E-state index in [0.29, 0.717) is 18.9 Å². The SMILES string of the molecule is CCOCC(=O)OCC(=O)Nc1ccc(OCC)cc1. The lowest BCUT2D eigenvalue weighted by molar-refractivity contribution is -0.151. The van der Waals surface area contributed by atoms with Crippen molar-refractivity contribution in [3.63, 3.8) is 0 Å². The number of hydrogen-bond acceptors (Lipinski definition) is 5. The molecule has 0 aliphatic heterocycles. The Morgan fingerprint density at radius 1 is 1.05 bits per heavy atom. The van der Waals surface area contributed by atoms with E-state index < -0.39 is 11.9 Å². The van der Waals surface area contributed by atoms with Crippen molar-refractivity contribution in [1.29, 1.82) is 0 Å². The summed E-state index contributed by atoms with van der Waals surface area (Å²) in [5.41, 5.74) is 0.610. The Balaban J connectivity index is 2.32. The number of esters is 1. The van der Waals surface area contributed by atoms with Crippen LogP contribution in [-0.2, 0) is 19.1 Å². The topological polar surface area (TPSA) is 73.9 Å². The Bertz CT molecular complexity index is 430. The first kappa shape index (κ1) is 16.0. The molecule has 0 heterocycles. The smallest absolute Gasteiger partial charge is 0.332 e. The fraction of sp³-hybridized carbons (Fsp3) is 0.429. The number of nitrogens with one attached hydrogen (secondary N) is 1. The molecule has 1 N–H and O–H groups in total. The Kier molecular flexibility index (Phi) is 7.13. The van der Waals surface area contributed by atoms with Gasteiger partial charge in [0.15, 0.2) is 6.61 Å². The van der Waals surface area contributed by atoms with E-state index >= 15 is 0 Å². The fourth-order valence-corrected chi connectivity index (χ4v) is 1.37. The molecule has 0 radical (unpaired) electrons. The van der Waals surface area contributed by atoms with Gasteiger partial charge in [0.25, 0.3) is 5.91 Å². The Morgan fingerprint density at radius 3 is 2.35 bits per heavy atom. The van der Waals surface area contributed by atoms with E-state index in [4.69, 9.17) is 14.2 Å². The second-order valence-corrected chi connectivity index (χ2v) is 3.80. The van der Waals surface area contributed by atoms with Crippen LogP contribution in [0.1, 0.15) is 13.8 Å². The van der Waals surface area contributed by atoms with Crippen LogP contribution < -0.4 is 10.1 Å². The van der Waals surface area contributed by atoms with Gasteiger partial charge in [-0.05, 0) is 38.1 Å². The van der Waals surface area contributed by atoms with E-state index in [2.05, 4.69) is 5.32 Å². The molecule has 1 aromatic rings. The van der Waals surface area contributed by atoms with Gasteiger partial charge in [-0.2, -0.15) is 0 Å². The highest BCUT2D eigenvalue weighted by Crippen LogP contribution is 2.15. The molecule has 0 saturated carbocycles. The monoisotopic (exact) mass is 281 g/mol. The van der Waals surface area contributed by atoms with Crippen LogP contribution in [0.4, 0.5) is 5.69 Å². The lowest BCUT2D eigenvalue weighted by Gasteiger charge is -2.08. The number of amides is 1. The van der Waals surface area contributed by atoms with E-state index in [-0.39, 0.29) is 13.2 Å². The van der Waals surface area contributed by atoms with Gasteiger partial charge in [0, 0.05) is 12.3 Å². The highest BCUT2D eigenvalue weighted by Gasteiger charge is 2.07. The van der Waals surface area contributed by atoms with Gasteiger partial charge < -0.3 is 19.5 Å².